The van der Waals surface area contributed by atoms with Gasteiger partial charge >= 0.3 is 0 Å². The van der Waals surface area contributed by atoms with Gasteiger partial charge in [-0.25, -0.2) is 0 Å². The van der Waals surface area contributed by atoms with Gasteiger partial charge in [0, 0.05) is 60.2 Å². The van der Waals surface area contributed by atoms with Crippen LogP contribution in [0.4, 0.5) is 34.1 Å². The summed E-state index contributed by atoms with van der Waals surface area (Å²) in [6.07, 6.45) is 0.995. The van der Waals surface area contributed by atoms with Crippen molar-refractivity contribution in [3.05, 3.63) is 241 Å². The summed E-state index contributed by atoms with van der Waals surface area (Å²) >= 11 is 1.86. The number of anilines is 6. The van der Waals surface area contributed by atoms with E-state index in [9.17, 15) is 0 Å². The summed E-state index contributed by atoms with van der Waals surface area (Å²) in [5.74, 6) is 0.298. The normalized spacial score (nSPS) is 13.2. The second-order valence-corrected chi connectivity index (χ2v) is 16.4. The zero-order chi connectivity index (χ0) is 39.1. The Labute approximate surface area is 349 Å². The first-order chi connectivity index (χ1) is 29.2. The van der Waals surface area contributed by atoms with Crippen molar-refractivity contribution in [3.8, 4) is 22.3 Å². The molecule has 0 saturated heterocycles. The highest BCUT2D eigenvalue weighted by Crippen LogP contribution is 2.48. The lowest BCUT2D eigenvalue weighted by molar-refractivity contribution is 0.794. The van der Waals surface area contributed by atoms with Gasteiger partial charge in [-0.05, 0) is 124 Å². The van der Waals surface area contributed by atoms with E-state index < -0.39 is 0 Å². The van der Waals surface area contributed by atoms with Crippen molar-refractivity contribution in [1.82, 2.24) is 0 Å². The number of para-hydroxylation sites is 2. The number of rotatable bonds is 8. The molecule has 280 valence electrons. The van der Waals surface area contributed by atoms with Crippen LogP contribution in [0.25, 0.3) is 42.4 Å². The highest BCUT2D eigenvalue weighted by atomic mass is 32.1. The van der Waals surface area contributed by atoms with Crippen molar-refractivity contribution in [2.45, 2.75) is 12.3 Å². The zero-order valence-corrected chi connectivity index (χ0v) is 33.3. The predicted octanol–water partition coefficient (Wildman–Crippen LogP) is 16.0. The van der Waals surface area contributed by atoms with E-state index in [1.165, 1.54) is 59.1 Å². The Kier molecular flexibility index (Phi) is 8.87. The molecule has 9 aromatic carbocycles. The van der Waals surface area contributed by atoms with Crippen LogP contribution in [0.2, 0.25) is 0 Å². The highest BCUT2D eigenvalue weighted by Gasteiger charge is 2.27. The van der Waals surface area contributed by atoms with Gasteiger partial charge in [0.05, 0.1) is 0 Å². The first kappa shape index (κ1) is 35.0. The molecule has 1 aromatic heterocycles. The topological polar surface area (TPSA) is 6.48 Å². The molecular formula is C56H40N2S. The van der Waals surface area contributed by atoms with E-state index in [1.807, 2.05) is 11.3 Å². The number of thiophene rings is 1. The SMILES string of the molecule is c1ccc(-c2ccc(N(c3ccc4c(c3)-c3ccccc3CC4c3ccccc3)c3ccc4sc5cc(N(c6ccccc6)c6ccccc6)ccc5c4c3)cc2)cc1. The van der Waals surface area contributed by atoms with Gasteiger partial charge in [-0.1, -0.05) is 146 Å². The molecule has 10 aromatic rings. The third kappa shape index (κ3) is 6.46. The highest BCUT2D eigenvalue weighted by molar-refractivity contribution is 7.25. The van der Waals surface area contributed by atoms with E-state index in [0.29, 0.717) is 5.92 Å². The Morgan fingerprint density at radius 1 is 0.356 bits per heavy atom. The Morgan fingerprint density at radius 2 is 0.881 bits per heavy atom. The van der Waals surface area contributed by atoms with E-state index in [2.05, 4.69) is 234 Å². The Balaban J connectivity index is 1.05. The Morgan fingerprint density at radius 3 is 1.61 bits per heavy atom. The summed E-state index contributed by atoms with van der Waals surface area (Å²) in [5, 5.41) is 2.53. The number of hydrogen-bond acceptors (Lipinski definition) is 3. The molecule has 0 spiro atoms. The maximum Gasteiger partial charge on any atom is 0.0476 e. The molecule has 1 atom stereocenters. The summed E-state index contributed by atoms with van der Waals surface area (Å²) in [7, 11) is 0. The lowest BCUT2D eigenvalue weighted by Gasteiger charge is -2.31. The summed E-state index contributed by atoms with van der Waals surface area (Å²) < 4.78 is 2.54. The third-order valence-corrected chi connectivity index (χ3v) is 13.0. The number of hydrogen-bond donors (Lipinski definition) is 0. The van der Waals surface area contributed by atoms with E-state index in [-0.39, 0.29) is 0 Å². The van der Waals surface area contributed by atoms with Crippen LogP contribution in [-0.2, 0) is 6.42 Å². The van der Waals surface area contributed by atoms with Gasteiger partial charge in [-0.3, -0.25) is 0 Å². The van der Waals surface area contributed by atoms with E-state index in [4.69, 9.17) is 0 Å². The first-order valence-corrected chi connectivity index (χ1v) is 21.2. The van der Waals surface area contributed by atoms with Gasteiger partial charge in [-0.15, -0.1) is 11.3 Å². The van der Waals surface area contributed by atoms with Crippen LogP contribution in [0.5, 0.6) is 0 Å². The molecule has 1 aliphatic carbocycles. The molecule has 2 nitrogen and oxygen atoms in total. The summed E-state index contributed by atoms with van der Waals surface area (Å²) in [6, 6.07) is 82.0. The quantitative estimate of drug-likeness (QED) is 0.152. The maximum atomic E-state index is 2.44. The maximum absolute atomic E-state index is 2.44. The van der Waals surface area contributed by atoms with Crippen LogP contribution in [0.1, 0.15) is 22.6 Å². The minimum absolute atomic E-state index is 0.298. The van der Waals surface area contributed by atoms with Gasteiger partial charge in [0.1, 0.15) is 0 Å². The molecule has 0 N–H and O–H groups in total. The summed E-state index contributed by atoms with van der Waals surface area (Å²) in [6.45, 7) is 0. The van der Waals surface area contributed by atoms with Crippen molar-refractivity contribution in [2.75, 3.05) is 9.80 Å². The molecule has 3 heteroatoms. The fourth-order valence-electron chi connectivity index (χ4n) is 9.01. The first-order valence-electron chi connectivity index (χ1n) is 20.3. The predicted molar refractivity (Wildman–Crippen MR) is 252 cm³/mol. The molecule has 0 radical (unpaired) electrons. The molecule has 0 saturated carbocycles. The molecule has 1 aliphatic rings. The van der Waals surface area contributed by atoms with Gasteiger partial charge in [0.25, 0.3) is 0 Å². The number of nitrogens with zero attached hydrogens (tertiary/aromatic N) is 2. The fourth-order valence-corrected chi connectivity index (χ4v) is 10.1. The average molecular weight is 773 g/mol. The van der Waals surface area contributed by atoms with Crippen LogP contribution in [0, 0.1) is 0 Å². The Hall–Kier alpha value is -7.20. The molecule has 11 rings (SSSR count). The lowest BCUT2D eigenvalue weighted by Crippen LogP contribution is -2.15. The van der Waals surface area contributed by atoms with Gasteiger partial charge in [0.15, 0.2) is 0 Å². The second kappa shape index (κ2) is 14.9. The molecule has 1 heterocycles. The minimum atomic E-state index is 0.298. The lowest BCUT2D eigenvalue weighted by atomic mass is 9.75. The average Bonchev–Trinajstić information content (AvgIpc) is 3.68. The standard InChI is InChI=1S/C56H40N2S/c1-5-15-39(16-6-1)40-25-27-45(28-26-40)58(46-29-32-50-52(41-17-7-2-8-18-41)35-42-19-13-14-24-49(42)53(50)36-46)47-31-34-55-54(37-47)51-33-30-48(38-56(51)59-55)57(43-20-9-3-10-21-43)44-22-11-4-12-23-44/h1-34,36-38,52H,35H2. The van der Waals surface area contributed by atoms with Gasteiger partial charge < -0.3 is 9.80 Å². The van der Waals surface area contributed by atoms with Crippen molar-refractivity contribution in [1.29, 1.82) is 0 Å². The van der Waals surface area contributed by atoms with Crippen LogP contribution < -0.4 is 9.80 Å². The van der Waals surface area contributed by atoms with Crippen molar-refractivity contribution >= 4 is 65.6 Å². The van der Waals surface area contributed by atoms with Crippen LogP contribution >= 0.6 is 11.3 Å². The number of fused-ring (bicyclic) bond motifs is 6. The molecule has 59 heavy (non-hydrogen) atoms. The van der Waals surface area contributed by atoms with Crippen molar-refractivity contribution < 1.29 is 0 Å². The van der Waals surface area contributed by atoms with Crippen LogP contribution in [0.3, 0.4) is 0 Å². The van der Waals surface area contributed by atoms with E-state index >= 15 is 0 Å². The smallest absolute Gasteiger partial charge is 0.0476 e. The van der Waals surface area contributed by atoms with Gasteiger partial charge in [0.2, 0.25) is 0 Å². The second-order valence-electron chi connectivity index (χ2n) is 15.3. The van der Waals surface area contributed by atoms with Crippen molar-refractivity contribution in [3.63, 3.8) is 0 Å². The monoisotopic (exact) mass is 772 g/mol. The van der Waals surface area contributed by atoms with Crippen molar-refractivity contribution in [2.24, 2.45) is 0 Å². The van der Waals surface area contributed by atoms with Gasteiger partial charge in [-0.2, -0.15) is 0 Å². The van der Waals surface area contributed by atoms with Crippen LogP contribution in [0.15, 0.2) is 224 Å². The van der Waals surface area contributed by atoms with Crippen LogP contribution in [-0.4, -0.2) is 0 Å². The molecule has 0 aliphatic heterocycles. The molecular weight excluding hydrogens is 733 g/mol. The molecule has 1 unspecified atom stereocenters. The number of benzene rings is 9. The fraction of sp³-hybridized carbons (Fsp3) is 0.0357. The zero-order valence-electron chi connectivity index (χ0n) is 32.4. The molecule has 0 amide bonds. The molecule has 0 fully saturated rings. The van der Waals surface area contributed by atoms with E-state index in [1.54, 1.807) is 0 Å². The Bertz CT molecular complexity index is 3030. The summed E-state index contributed by atoms with van der Waals surface area (Å²) in [5.41, 5.74) is 16.0. The molecule has 0 bridgehead atoms. The van der Waals surface area contributed by atoms with E-state index in [0.717, 1.165) is 40.5 Å². The minimum Gasteiger partial charge on any atom is -0.310 e. The summed E-state index contributed by atoms with van der Waals surface area (Å²) in [4.78, 5) is 4.78. The largest absolute Gasteiger partial charge is 0.310 e. The third-order valence-electron chi connectivity index (χ3n) is 11.8.